The van der Waals surface area contributed by atoms with E-state index in [2.05, 4.69) is 0 Å². The summed E-state index contributed by atoms with van der Waals surface area (Å²) in [5, 5.41) is 0.585. The van der Waals surface area contributed by atoms with Crippen molar-refractivity contribution in [2.24, 2.45) is 5.73 Å². The zero-order valence-corrected chi connectivity index (χ0v) is 9.95. The molecule has 2 N–H and O–H groups in total. The van der Waals surface area contributed by atoms with Gasteiger partial charge in [-0.15, -0.1) is 0 Å². The maximum absolute atomic E-state index is 12.9. The highest BCUT2D eigenvalue weighted by atomic mass is 35.5. The number of nitrogens with two attached hydrogens (primary N) is 1. The summed E-state index contributed by atoms with van der Waals surface area (Å²) in [6.07, 6.45) is 4.01. The van der Waals surface area contributed by atoms with E-state index in [-0.39, 0.29) is 11.9 Å². The van der Waals surface area contributed by atoms with E-state index in [1.54, 1.807) is 12.1 Å². The lowest BCUT2D eigenvalue weighted by Crippen LogP contribution is -2.17. The summed E-state index contributed by atoms with van der Waals surface area (Å²) in [6, 6.07) is 6.32. The lowest BCUT2D eigenvalue weighted by atomic mass is 10.1. The van der Waals surface area contributed by atoms with Crippen molar-refractivity contribution in [1.82, 2.24) is 0 Å². The molecule has 1 unspecified atom stereocenters. The van der Waals surface area contributed by atoms with Crippen LogP contribution in [-0.2, 0) is 11.3 Å². The van der Waals surface area contributed by atoms with Crippen molar-refractivity contribution in [1.29, 1.82) is 0 Å². The Balaban J connectivity index is 1.94. The predicted octanol–water partition coefficient (Wildman–Crippen LogP) is 3.08. The van der Waals surface area contributed by atoms with E-state index in [1.807, 2.05) is 12.1 Å². The first kappa shape index (κ1) is 12.1. The Morgan fingerprint density at radius 2 is 2.29 bits per heavy atom. The molecule has 1 aliphatic carbocycles. The van der Waals surface area contributed by atoms with E-state index in [4.69, 9.17) is 22.1 Å². The minimum absolute atomic E-state index is 0.188. The van der Waals surface area contributed by atoms with Crippen LogP contribution in [0.1, 0.15) is 12.0 Å². The average molecular weight is 254 g/mol. The number of hydrogen-bond donors (Lipinski definition) is 1. The van der Waals surface area contributed by atoms with E-state index >= 15 is 0 Å². The van der Waals surface area contributed by atoms with Crippen LogP contribution in [-0.4, -0.2) is 6.10 Å². The molecule has 0 bridgehead atoms. The standard InChI is InChI=1S/C13H13ClFNO/c14-12-7-11(16)4-5-13(12)17-8-9-2-1-3-10(15)6-9/h1-4,6-7,13H,5,8,16H2. The predicted molar refractivity (Wildman–Crippen MR) is 65.8 cm³/mol. The SMILES string of the molecule is NC1=CCC(OCc2cccc(F)c2)C(Cl)=C1. The molecule has 0 saturated heterocycles. The second-order valence-electron chi connectivity index (χ2n) is 3.90. The van der Waals surface area contributed by atoms with Crippen LogP contribution < -0.4 is 5.73 Å². The number of benzene rings is 1. The van der Waals surface area contributed by atoms with E-state index < -0.39 is 0 Å². The lowest BCUT2D eigenvalue weighted by Gasteiger charge is -2.19. The third kappa shape index (κ3) is 3.32. The molecular weight excluding hydrogens is 241 g/mol. The highest BCUT2D eigenvalue weighted by Crippen LogP contribution is 2.23. The minimum atomic E-state index is -0.263. The van der Waals surface area contributed by atoms with Crippen LogP contribution in [0.2, 0.25) is 0 Å². The average Bonchev–Trinajstić information content (AvgIpc) is 2.28. The highest BCUT2D eigenvalue weighted by Gasteiger charge is 2.16. The zero-order chi connectivity index (χ0) is 12.3. The van der Waals surface area contributed by atoms with Gasteiger partial charge in [-0.25, -0.2) is 4.39 Å². The fourth-order valence-electron chi connectivity index (χ4n) is 1.64. The van der Waals surface area contributed by atoms with E-state index in [9.17, 15) is 4.39 Å². The molecule has 1 aromatic rings. The second kappa shape index (κ2) is 5.34. The first-order valence-electron chi connectivity index (χ1n) is 5.34. The van der Waals surface area contributed by atoms with Crippen molar-refractivity contribution in [3.8, 4) is 0 Å². The van der Waals surface area contributed by atoms with Crippen molar-refractivity contribution < 1.29 is 9.13 Å². The molecule has 1 aliphatic rings. The maximum atomic E-state index is 12.9. The van der Waals surface area contributed by atoms with Crippen LogP contribution in [0.25, 0.3) is 0 Å². The van der Waals surface area contributed by atoms with Gasteiger partial charge in [0.25, 0.3) is 0 Å². The van der Waals surface area contributed by atoms with E-state index in [1.165, 1.54) is 12.1 Å². The molecule has 17 heavy (non-hydrogen) atoms. The quantitative estimate of drug-likeness (QED) is 0.899. The molecule has 0 radical (unpaired) electrons. The Hall–Kier alpha value is -1.32. The zero-order valence-electron chi connectivity index (χ0n) is 9.20. The molecule has 90 valence electrons. The molecular formula is C13H13ClFNO. The Morgan fingerprint density at radius 1 is 1.47 bits per heavy atom. The van der Waals surface area contributed by atoms with E-state index in [0.717, 1.165) is 5.56 Å². The van der Waals surface area contributed by atoms with Gasteiger partial charge in [-0.1, -0.05) is 29.8 Å². The molecule has 1 aromatic carbocycles. The van der Waals surface area contributed by atoms with Crippen LogP contribution in [0.3, 0.4) is 0 Å². The number of halogens is 2. The van der Waals surface area contributed by atoms with Gasteiger partial charge in [0.1, 0.15) is 5.82 Å². The largest absolute Gasteiger partial charge is 0.399 e. The molecule has 2 rings (SSSR count). The van der Waals surface area contributed by atoms with Gasteiger partial charge in [-0.2, -0.15) is 0 Å². The summed E-state index contributed by atoms with van der Waals surface area (Å²) >= 11 is 6.02. The van der Waals surface area contributed by atoms with Gasteiger partial charge >= 0.3 is 0 Å². The summed E-state index contributed by atoms with van der Waals surface area (Å²) in [7, 11) is 0. The van der Waals surface area contributed by atoms with Crippen molar-refractivity contribution in [3.05, 3.63) is 58.5 Å². The van der Waals surface area contributed by atoms with Crippen LogP contribution >= 0.6 is 11.6 Å². The lowest BCUT2D eigenvalue weighted by molar-refractivity contribution is 0.0699. The van der Waals surface area contributed by atoms with Crippen molar-refractivity contribution in [3.63, 3.8) is 0 Å². The molecule has 1 atom stereocenters. The smallest absolute Gasteiger partial charge is 0.123 e. The molecule has 0 aliphatic heterocycles. The summed E-state index contributed by atoms with van der Waals surface area (Å²) in [4.78, 5) is 0. The van der Waals surface area contributed by atoms with Crippen molar-refractivity contribution in [2.75, 3.05) is 0 Å². The van der Waals surface area contributed by atoms with Crippen molar-refractivity contribution in [2.45, 2.75) is 19.1 Å². The molecule has 0 saturated carbocycles. The molecule has 0 fully saturated rings. The maximum Gasteiger partial charge on any atom is 0.123 e. The van der Waals surface area contributed by atoms with Crippen molar-refractivity contribution >= 4 is 11.6 Å². The number of rotatable bonds is 3. The molecule has 4 heteroatoms. The summed E-state index contributed by atoms with van der Waals surface area (Å²) < 4.78 is 18.6. The van der Waals surface area contributed by atoms with Crippen LogP contribution in [0, 0.1) is 5.82 Å². The van der Waals surface area contributed by atoms with Crippen LogP contribution in [0.15, 0.2) is 47.1 Å². The third-order valence-electron chi connectivity index (χ3n) is 2.52. The topological polar surface area (TPSA) is 35.2 Å². The number of ether oxygens (including phenoxy) is 1. The van der Waals surface area contributed by atoms with E-state index in [0.29, 0.717) is 23.8 Å². The fraction of sp³-hybridized carbons (Fsp3) is 0.231. The Morgan fingerprint density at radius 3 is 3.00 bits per heavy atom. The number of allylic oxidation sites excluding steroid dienone is 1. The molecule has 0 amide bonds. The van der Waals surface area contributed by atoms with Crippen LogP contribution in [0.5, 0.6) is 0 Å². The molecule has 0 aromatic heterocycles. The Labute approximate surface area is 105 Å². The van der Waals surface area contributed by atoms with Gasteiger partial charge in [-0.05, 0) is 30.2 Å². The van der Waals surface area contributed by atoms with Gasteiger partial charge in [-0.3, -0.25) is 0 Å². The van der Waals surface area contributed by atoms with Crippen LogP contribution in [0.4, 0.5) is 4.39 Å². The Kier molecular flexibility index (Phi) is 3.82. The second-order valence-corrected chi connectivity index (χ2v) is 4.34. The molecule has 2 nitrogen and oxygen atoms in total. The summed E-state index contributed by atoms with van der Waals surface area (Å²) in [5.41, 5.74) is 7.05. The molecule has 0 spiro atoms. The Bertz CT molecular complexity index is 470. The number of hydrogen-bond acceptors (Lipinski definition) is 2. The van der Waals surface area contributed by atoms with Gasteiger partial charge in [0.2, 0.25) is 0 Å². The fourth-order valence-corrected chi connectivity index (χ4v) is 1.92. The normalized spacial score (nSPS) is 19.8. The monoisotopic (exact) mass is 253 g/mol. The summed E-state index contributed by atoms with van der Waals surface area (Å²) in [5.74, 6) is -0.263. The van der Waals surface area contributed by atoms with Gasteiger partial charge in [0.05, 0.1) is 12.7 Å². The first-order valence-corrected chi connectivity index (χ1v) is 5.72. The minimum Gasteiger partial charge on any atom is -0.399 e. The first-order chi connectivity index (χ1) is 8.15. The van der Waals surface area contributed by atoms with Gasteiger partial charge in [0, 0.05) is 10.7 Å². The van der Waals surface area contributed by atoms with Gasteiger partial charge in [0.15, 0.2) is 0 Å². The van der Waals surface area contributed by atoms with Gasteiger partial charge < -0.3 is 10.5 Å². The molecule has 0 heterocycles. The highest BCUT2D eigenvalue weighted by molar-refractivity contribution is 6.30. The summed E-state index contributed by atoms with van der Waals surface area (Å²) in [6.45, 7) is 0.334. The third-order valence-corrected chi connectivity index (χ3v) is 2.87.